The van der Waals surface area contributed by atoms with Gasteiger partial charge in [0.15, 0.2) is 0 Å². The smallest absolute Gasteiger partial charge is 0.0331 e. The highest BCUT2D eigenvalue weighted by Crippen LogP contribution is 2.33. The maximum Gasteiger partial charge on any atom is 0.0331 e. The molecular weight excluding hydrogens is 246 g/mol. The average Bonchev–Trinajstić information content (AvgIpc) is 2.86. The van der Waals surface area contributed by atoms with Crippen LogP contribution in [0.2, 0.25) is 0 Å². The third-order valence-electron chi connectivity index (χ3n) is 3.92. The van der Waals surface area contributed by atoms with Gasteiger partial charge < -0.3 is 5.32 Å². The van der Waals surface area contributed by atoms with Crippen molar-refractivity contribution in [2.75, 3.05) is 12.3 Å². The zero-order valence-corrected chi connectivity index (χ0v) is 11.9. The molecule has 0 spiro atoms. The van der Waals surface area contributed by atoms with Gasteiger partial charge in [0.25, 0.3) is 0 Å². The minimum atomic E-state index is 0.646. The molecule has 0 radical (unpaired) electrons. The maximum absolute atomic E-state index is 3.82. The maximum atomic E-state index is 3.82. The molecule has 17 heavy (non-hydrogen) atoms. The minimum Gasteiger partial charge on any atom is -0.309 e. The first-order valence-corrected chi connectivity index (χ1v) is 8.77. The molecule has 1 fully saturated rings. The number of hydrogen-bond acceptors (Lipinski definition) is 3. The second kappa shape index (κ2) is 5.77. The lowest BCUT2D eigenvalue weighted by Gasteiger charge is -2.27. The lowest BCUT2D eigenvalue weighted by Crippen LogP contribution is -2.31. The Labute approximate surface area is 112 Å². The van der Waals surface area contributed by atoms with Gasteiger partial charge in [0.05, 0.1) is 0 Å². The first-order chi connectivity index (χ1) is 8.43. The SMILES string of the molecule is c1cc2c(s1)CCCC2NCC1CCCCS1. The third-order valence-corrected chi connectivity index (χ3v) is 6.31. The molecule has 1 aromatic heterocycles. The number of hydrogen-bond donors (Lipinski definition) is 1. The van der Waals surface area contributed by atoms with Crippen LogP contribution in [0.25, 0.3) is 0 Å². The van der Waals surface area contributed by atoms with Crippen molar-refractivity contribution in [1.82, 2.24) is 5.32 Å². The van der Waals surface area contributed by atoms with E-state index in [4.69, 9.17) is 0 Å². The highest BCUT2D eigenvalue weighted by Gasteiger charge is 2.22. The Hall–Kier alpha value is 0.01000. The fraction of sp³-hybridized carbons (Fsp3) is 0.714. The van der Waals surface area contributed by atoms with Gasteiger partial charge in [-0.2, -0.15) is 11.8 Å². The molecule has 0 bridgehead atoms. The van der Waals surface area contributed by atoms with E-state index in [0.29, 0.717) is 6.04 Å². The highest BCUT2D eigenvalue weighted by atomic mass is 32.2. The van der Waals surface area contributed by atoms with E-state index < -0.39 is 0 Å². The van der Waals surface area contributed by atoms with Crippen LogP contribution < -0.4 is 5.32 Å². The van der Waals surface area contributed by atoms with Gasteiger partial charge in [0.2, 0.25) is 0 Å². The lowest BCUT2D eigenvalue weighted by molar-refractivity contribution is 0.455. The van der Waals surface area contributed by atoms with E-state index in [0.717, 1.165) is 5.25 Å². The van der Waals surface area contributed by atoms with E-state index in [1.54, 1.807) is 10.4 Å². The van der Waals surface area contributed by atoms with Crippen LogP contribution in [0.3, 0.4) is 0 Å². The fourth-order valence-electron chi connectivity index (χ4n) is 2.94. The molecule has 1 aromatic rings. The molecule has 2 unspecified atom stereocenters. The predicted molar refractivity (Wildman–Crippen MR) is 78.1 cm³/mol. The number of aryl methyl sites for hydroxylation is 1. The summed E-state index contributed by atoms with van der Waals surface area (Å²) in [7, 11) is 0. The quantitative estimate of drug-likeness (QED) is 0.888. The van der Waals surface area contributed by atoms with Crippen molar-refractivity contribution in [2.45, 2.75) is 49.8 Å². The zero-order valence-electron chi connectivity index (χ0n) is 10.3. The number of nitrogens with one attached hydrogen (secondary N) is 1. The van der Waals surface area contributed by atoms with Crippen LogP contribution in [0.15, 0.2) is 11.4 Å². The molecular formula is C14H21NS2. The standard InChI is InChI=1S/C14H21NS2/c1-2-8-16-11(4-1)10-15-13-5-3-6-14-12(13)7-9-17-14/h7,9,11,13,15H,1-6,8,10H2. The van der Waals surface area contributed by atoms with Crippen molar-refractivity contribution < 1.29 is 0 Å². The Balaban J connectivity index is 1.56. The second-order valence-corrected chi connectivity index (χ2v) is 7.55. The van der Waals surface area contributed by atoms with Crippen molar-refractivity contribution in [1.29, 1.82) is 0 Å². The van der Waals surface area contributed by atoms with Crippen LogP contribution in [-0.2, 0) is 6.42 Å². The summed E-state index contributed by atoms with van der Waals surface area (Å²) in [4.78, 5) is 1.63. The molecule has 1 nitrogen and oxygen atoms in total. The summed E-state index contributed by atoms with van der Waals surface area (Å²) < 4.78 is 0. The molecule has 2 aliphatic rings. The van der Waals surface area contributed by atoms with Crippen LogP contribution in [0.5, 0.6) is 0 Å². The van der Waals surface area contributed by atoms with Gasteiger partial charge in [-0.25, -0.2) is 0 Å². The average molecular weight is 267 g/mol. The summed E-state index contributed by atoms with van der Waals surface area (Å²) in [6.07, 6.45) is 8.29. The number of thiophene rings is 1. The van der Waals surface area contributed by atoms with E-state index in [1.165, 1.54) is 50.8 Å². The fourth-order valence-corrected chi connectivity index (χ4v) is 5.18. The summed E-state index contributed by atoms with van der Waals surface area (Å²) in [6, 6.07) is 2.98. The first-order valence-electron chi connectivity index (χ1n) is 6.85. The molecule has 1 N–H and O–H groups in total. The molecule has 2 atom stereocenters. The van der Waals surface area contributed by atoms with Gasteiger partial charge in [-0.05, 0) is 54.9 Å². The van der Waals surface area contributed by atoms with E-state index in [9.17, 15) is 0 Å². The second-order valence-electron chi connectivity index (χ2n) is 5.14. The van der Waals surface area contributed by atoms with Crippen molar-refractivity contribution in [3.8, 4) is 0 Å². The van der Waals surface area contributed by atoms with Crippen molar-refractivity contribution in [3.05, 3.63) is 21.9 Å². The highest BCUT2D eigenvalue weighted by molar-refractivity contribution is 7.99. The van der Waals surface area contributed by atoms with Gasteiger partial charge in [0, 0.05) is 22.7 Å². The molecule has 0 amide bonds. The van der Waals surface area contributed by atoms with Crippen LogP contribution in [0, 0.1) is 0 Å². The summed E-state index contributed by atoms with van der Waals surface area (Å²) >= 11 is 4.12. The summed E-state index contributed by atoms with van der Waals surface area (Å²) in [5.74, 6) is 1.38. The van der Waals surface area contributed by atoms with Gasteiger partial charge in [-0.15, -0.1) is 11.3 Å². The molecule has 1 saturated heterocycles. The van der Waals surface area contributed by atoms with Crippen molar-refractivity contribution >= 4 is 23.1 Å². The van der Waals surface area contributed by atoms with Crippen LogP contribution in [0.4, 0.5) is 0 Å². The van der Waals surface area contributed by atoms with Crippen LogP contribution in [0.1, 0.15) is 48.6 Å². The van der Waals surface area contributed by atoms with E-state index in [1.807, 2.05) is 11.3 Å². The summed E-state index contributed by atoms with van der Waals surface area (Å²) in [5, 5.41) is 6.95. The first kappa shape index (κ1) is 12.1. The number of thioether (sulfide) groups is 1. The molecule has 1 aliphatic carbocycles. The molecule has 1 aliphatic heterocycles. The normalized spacial score (nSPS) is 28.9. The Bertz CT molecular complexity index is 355. The van der Waals surface area contributed by atoms with E-state index in [2.05, 4.69) is 28.5 Å². The number of rotatable bonds is 3. The molecule has 3 rings (SSSR count). The summed E-state index contributed by atoms with van der Waals surface area (Å²) in [5.41, 5.74) is 1.60. The Morgan fingerprint density at radius 2 is 2.24 bits per heavy atom. The van der Waals surface area contributed by atoms with Crippen LogP contribution >= 0.6 is 23.1 Å². The summed E-state index contributed by atoms with van der Waals surface area (Å²) in [6.45, 7) is 1.21. The molecule has 2 heterocycles. The van der Waals surface area contributed by atoms with E-state index >= 15 is 0 Å². The van der Waals surface area contributed by atoms with Crippen molar-refractivity contribution in [2.24, 2.45) is 0 Å². The van der Waals surface area contributed by atoms with Gasteiger partial charge in [0.1, 0.15) is 0 Å². The molecule has 0 aromatic carbocycles. The Morgan fingerprint density at radius 3 is 3.12 bits per heavy atom. The minimum absolute atomic E-state index is 0.646. The monoisotopic (exact) mass is 267 g/mol. The van der Waals surface area contributed by atoms with Crippen LogP contribution in [-0.4, -0.2) is 17.5 Å². The van der Waals surface area contributed by atoms with Gasteiger partial charge in [-0.3, -0.25) is 0 Å². The Kier molecular flexibility index (Phi) is 4.09. The van der Waals surface area contributed by atoms with Crippen molar-refractivity contribution in [3.63, 3.8) is 0 Å². The third kappa shape index (κ3) is 2.88. The lowest BCUT2D eigenvalue weighted by atomic mass is 9.94. The van der Waals surface area contributed by atoms with Gasteiger partial charge in [-0.1, -0.05) is 6.42 Å². The Morgan fingerprint density at radius 1 is 1.24 bits per heavy atom. The zero-order chi connectivity index (χ0) is 11.5. The topological polar surface area (TPSA) is 12.0 Å². The van der Waals surface area contributed by atoms with E-state index in [-0.39, 0.29) is 0 Å². The number of fused-ring (bicyclic) bond motifs is 1. The molecule has 94 valence electrons. The molecule has 3 heteroatoms. The van der Waals surface area contributed by atoms with Gasteiger partial charge >= 0.3 is 0 Å². The molecule has 0 saturated carbocycles. The predicted octanol–water partition coefficient (Wildman–Crippen LogP) is 4.00. The largest absolute Gasteiger partial charge is 0.309 e.